The van der Waals surface area contributed by atoms with Gasteiger partial charge in [0.1, 0.15) is 11.5 Å². The molecule has 6 nitrogen and oxygen atoms in total. The van der Waals surface area contributed by atoms with Crippen molar-refractivity contribution in [3.05, 3.63) is 24.0 Å². The van der Waals surface area contributed by atoms with Crippen LogP contribution in [-0.4, -0.2) is 32.7 Å². The Labute approximate surface area is 125 Å². The van der Waals surface area contributed by atoms with Crippen molar-refractivity contribution in [1.29, 1.82) is 0 Å². The topological polar surface area (TPSA) is 76.7 Å². The fraction of sp³-hybridized carbons (Fsp3) is 0.600. The molecule has 0 fully saturated rings. The summed E-state index contributed by atoms with van der Waals surface area (Å²) >= 11 is 0. The van der Waals surface area contributed by atoms with E-state index in [0.29, 0.717) is 29.3 Å². The monoisotopic (exact) mass is 289 g/mol. The lowest BCUT2D eigenvalue weighted by Gasteiger charge is -2.20. The van der Waals surface area contributed by atoms with Crippen molar-refractivity contribution < 1.29 is 4.52 Å². The van der Waals surface area contributed by atoms with E-state index >= 15 is 0 Å². The van der Waals surface area contributed by atoms with Crippen LogP contribution in [0.25, 0.3) is 11.5 Å². The standard InChI is InChI=1S/C15H23N5O/c1-5-8-17-12(6-2)10(3)15-19-14(20-21-15)13-7-9-16-11(4)18-13/h7,9-10,12,17H,5-6,8H2,1-4H3. The Morgan fingerprint density at radius 1 is 1.29 bits per heavy atom. The SMILES string of the molecule is CCCNC(CC)C(C)c1nc(-c2ccnc(C)n2)no1. The zero-order valence-electron chi connectivity index (χ0n) is 13.1. The second kappa shape index (κ2) is 7.26. The van der Waals surface area contributed by atoms with Crippen molar-refractivity contribution in [2.45, 2.75) is 52.5 Å². The third-order valence-corrected chi connectivity index (χ3v) is 3.54. The summed E-state index contributed by atoms with van der Waals surface area (Å²) in [6.07, 6.45) is 3.83. The van der Waals surface area contributed by atoms with Crippen LogP contribution in [0.5, 0.6) is 0 Å². The van der Waals surface area contributed by atoms with Crippen LogP contribution in [0.15, 0.2) is 16.8 Å². The maximum absolute atomic E-state index is 5.42. The van der Waals surface area contributed by atoms with Gasteiger partial charge >= 0.3 is 0 Å². The molecule has 2 aromatic rings. The molecule has 0 aliphatic heterocycles. The van der Waals surface area contributed by atoms with Crippen LogP contribution in [0, 0.1) is 6.92 Å². The molecule has 21 heavy (non-hydrogen) atoms. The zero-order chi connectivity index (χ0) is 15.2. The van der Waals surface area contributed by atoms with Crippen molar-refractivity contribution >= 4 is 0 Å². The fourth-order valence-corrected chi connectivity index (χ4v) is 2.28. The van der Waals surface area contributed by atoms with E-state index in [1.54, 1.807) is 12.3 Å². The van der Waals surface area contributed by atoms with E-state index in [1.807, 2.05) is 6.92 Å². The molecular formula is C15H23N5O. The van der Waals surface area contributed by atoms with E-state index in [0.717, 1.165) is 19.4 Å². The lowest BCUT2D eigenvalue weighted by atomic mass is 9.99. The number of hydrogen-bond acceptors (Lipinski definition) is 6. The van der Waals surface area contributed by atoms with Crippen LogP contribution in [-0.2, 0) is 0 Å². The van der Waals surface area contributed by atoms with Gasteiger partial charge in [-0.3, -0.25) is 0 Å². The van der Waals surface area contributed by atoms with Gasteiger partial charge < -0.3 is 9.84 Å². The lowest BCUT2D eigenvalue weighted by molar-refractivity contribution is 0.319. The van der Waals surface area contributed by atoms with E-state index < -0.39 is 0 Å². The van der Waals surface area contributed by atoms with Crippen LogP contribution in [0.4, 0.5) is 0 Å². The number of nitrogens with zero attached hydrogens (tertiary/aromatic N) is 4. The Morgan fingerprint density at radius 2 is 2.10 bits per heavy atom. The van der Waals surface area contributed by atoms with Crippen LogP contribution in [0.1, 0.15) is 51.2 Å². The first-order chi connectivity index (χ1) is 10.2. The molecule has 0 bridgehead atoms. The highest BCUT2D eigenvalue weighted by Gasteiger charge is 2.23. The Bertz CT molecular complexity index is 569. The summed E-state index contributed by atoms with van der Waals surface area (Å²) in [5, 5.41) is 7.56. The van der Waals surface area contributed by atoms with Gasteiger partial charge in [-0.2, -0.15) is 4.98 Å². The van der Waals surface area contributed by atoms with E-state index in [2.05, 4.69) is 46.2 Å². The Morgan fingerprint density at radius 3 is 2.76 bits per heavy atom. The summed E-state index contributed by atoms with van der Waals surface area (Å²) in [6.45, 7) is 9.27. The van der Waals surface area contributed by atoms with E-state index in [9.17, 15) is 0 Å². The van der Waals surface area contributed by atoms with Crippen LogP contribution in [0.2, 0.25) is 0 Å². The van der Waals surface area contributed by atoms with Crippen LogP contribution in [0.3, 0.4) is 0 Å². The minimum Gasteiger partial charge on any atom is -0.339 e. The van der Waals surface area contributed by atoms with E-state index in [1.165, 1.54) is 0 Å². The molecule has 0 aliphatic rings. The summed E-state index contributed by atoms with van der Waals surface area (Å²) < 4.78 is 5.42. The molecule has 2 heterocycles. The molecule has 0 amide bonds. The van der Waals surface area contributed by atoms with Crippen molar-refractivity contribution in [2.24, 2.45) is 0 Å². The molecule has 0 aromatic carbocycles. The van der Waals surface area contributed by atoms with Crippen molar-refractivity contribution in [2.75, 3.05) is 6.54 Å². The maximum atomic E-state index is 5.42. The van der Waals surface area contributed by atoms with Gasteiger partial charge in [0.05, 0.1) is 5.92 Å². The first kappa shape index (κ1) is 15.6. The molecule has 0 radical (unpaired) electrons. The predicted molar refractivity (Wildman–Crippen MR) is 80.8 cm³/mol. The molecule has 2 rings (SSSR count). The zero-order valence-corrected chi connectivity index (χ0v) is 13.1. The number of rotatable bonds is 7. The molecule has 2 unspecified atom stereocenters. The Hall–Kier alpha value is -1.82. The lowest BCUT2D eigenvalue weighted by Crippen LogP contribution is -2.33. The summed E-state index contributed by atoms with van der Waals surface area (Å²) in [7, 11) is 0. The van der Waals surface area contributed by atoms with Crippen molar-refractivity contribution in [1.82, 2.24) is 25.4 Å². The van der Waals surface area contributed by atoms with Gasteiger partial charge in [0.2, 0.25) is 11.7 Å². The summed E-state index contributed by atoms with van der Waals surface area (Å²) in [5.41, 5.74) is 0.694. The molecule has 114 valence electrons. The van der Waals surface area contributed by atoms with E-state index in [-0.39, 0.29) is 5.92 Å². The highest BCUT2D eigenvalue weighted by atomic mass is 16.5. The highest BCUT2D eigenvalue weighted by molar-refractivity contribution is 5.47. The largest absolute Gasteiger partial charge is 0.339 e. The fourth-order valence-electron chi connectivity index (χ4n) is 2.28. The normalized spacial score (nSPS) is 14.1. The molecular weight excluding hydrogens is 266 g/mol. The molecule has 6 heteroatoms. The predicted octanol–water partition coefficient (Wildman–Crippen LogP) is 2.72. The highest BCUT2D eigenvalue weighted by Crippen LogP contribution is 2.22. The quantitative estimate of drug-likeness (QED) is 0.844. The van der Waals surface area contributed by atoms with Crippen molar-refractivity contribution in [3.8, 4) is 11.5 Å². The average molecular weight is 289 g/mol. The third-order valence-electron chi connectivity index (χ3n) is 3.54. The Balaban J connectivity index is 2.15. The minimum absolute atomic E-state index is 0.172. The van der Waals surface area contributed by atoms with Gasteiger partial charge in [-0.05, 0) is 32.4 Å². The minimum atomic E-state index is 0.172. The first-order valence-corrected chi connectivity index (χ1v) is 7.52. The van der Waals surface area contributed by atoms with Gasteiger partial charge in [-0.1, -0.05) is 25.9 Å². The van der Waals surface area contributed by atoms with E-state index in [4.69, 9.17) is 4.52 Å². The first-order valence-electron chi connectivity index (χ1n) is 7.52. The number of aromatic nitrogens is 4. The van der Waals surface area contributed by atoms with Gasteiger partial charge in [-0.25, -0.2) is 9.97 Å². The van der Waals surface area contributed by atoms with Gasteiger partial charge in [0.25, 0.3) is 0 Å². The smallest absolute Gasteiger partial charge is 0.231 e. The summed E-state index contributed by atoms with van der Waals surface area (Å²) in [4.78, 5) is 12.9. The molecule has 2 aromatic heterocycles. The van der Waals surface area contributed by atoms with Gasteiger partial charge in [0, 0.05) is 12.2 Å². The van der Waals surface area contributed by atoms with Crippen LogP contribution >= 0.6 is 0 Å². The molecule has 0 saturated carbocycles. The molecule has 2 atom stereocenters. The van der Waals surface area contributed by atoms with Crippen molar-refractivity contribution in [3.63, 3.8) is 0 Å². The molecule has 0 spiro atoms. The second-order valence-corrected chi connectivity index (χ2v) is 5.20. The summed E-state index contributed by atoms with van der Waals surface area (Å²) in [6, 6.07) is 2.13. The third kappa shape index (κ3) is 3.85. The maximum Gasteiger partial charge on any atom is 0.231 e. The van der Waals surface area contributed by atoms with Gasteiger partial charge in [0.15, 0.2) is 0 Å². The molecule has 0 aliphatic carbocycles. The Kier molecular flexibility index (Phi) is 5.38. The van der Waals surface area contributed by atoms with Crippen LogP contribution < -0.4 is 5.32 Å². The van der Waals surface area contributed by atoms with Gasteiger partial charge in [-0.15, -0.1) is 0 Å². The number of aryl methyl sites for hydroxylation is 1. The average Bonchev–Trinajstić information content (AvgIpc) is 2.97. The number of hydrogen-bond donors (Lipinski definition) is 1. The molecule has 0 saturated heterocycles. The summed E-state index contributed by atoms with van der Waals surface area (Å²) in [5.74, 6) is 2.04. The number of nitrogens with one attached hydrogen (secondary N) is 1. The molecule has 1 N–H and O–H groups in total. The second-order valence-electron chi connectivity index (χ2n) is 5.20.